The second-order valence-corrected chi connectivity index (χ2v) is 12.4. The van der Waals surface area contributed by atoms with E-state index in [1.54, 1.807) is 0 Å². The molecule has 0 radical (unpaired) electrons. The van der Waals surface area contributed by atoms with Crippen LogP contribution in [0.1, 0.15) is 42.0 Å². The molecule has 0 aliphatic carbocycles. The van der Waals surface area contributed by atoms with E-state index in [4.69, 9.17) is 25.8 Å². The zero-order valence-electron chi connectivity index (χ0n) is 26.5. The number of hydrogen-bond acceptors (Lipinski definition) is 7. The maximum atomic E-state index is 14.4. The molecule has 3 heterocycles. The molecule has 1 atom stereocenters. The standard InChI is InChI=1S/C35H35ClF2N4O6/c1-46-20-27-30(32(43)47-2)31(21-8-10-25(37)26(38)18-21)42(34(45)40-27)33(44)39-14-5-15-41-16-12-35(13-17-41)23-6-3-4-7-28(23)48-29-11-9-22(36)19-24(29)35/h3-4,6-11,18-19,31H,5,12-17,20H2,1-2H3,(H,39,44)(H,40,45). The van der Waals surface area contributed by atoms with Crippen molar-refractivity contribution in [1.29, 1.82) is 0 Å². The monoisotopic (exact) mass is 680 g/mol. The highest BCUT2D eigenvalue weighted by molar-refractivity contribution is 6.30. The van der Waals surface area contributed by atoms with Crippen molar-refractivity contribution in [2.45, 2.75) is 30.7 Å². The van der Waals surface area contributed by atoms with Gasteiger partial charge in [-0.2, -0.15) is 0 Å². The first-order valence-electron chi connectivity index (χ1n) is 15.6. The number of ether oxygens (including phenoxy) is 3. The molecule has 1 unspecified atom stereocenters. The van der Waals surface area contributed by atoms with Gasteiger partial charge in [-0.3, -0.25) is 0 Å². The van der Waals surface area contributed by atoms with Gasteiger partial charge in [0.1, 0.15) is 17.5 Å². The van der Waals surface area contributed by atoms with Crippen molar-refractivity contribution >= 4 is 29.6 Å². The molecule has 1 spiro atoms. The molecule has 13 heteroatoms. The van der Waals surface area contributed by atoms with Crippen LogP contribution in [-0.2, 0) is 19.7 Å². The number of nitrogens with one attached hydrogen (secondary N) is 2. The number of methoxy groups -OCH3 is 2. The maximum Gasteiger partial charge on any atom is 0.338 e. The van der Waals surface area contributed by atoms with E-state index in [0.29, 0.717) is 18.0 Å². The fourth-order valence-electron chi connectivity index (χ4n) is 6.94. The van der Waals surface area contributed by atoms with Gasteiger partial charge in [0.15, 0.2) is 11.6 Å². The van der Waals surface area contributed by atoms with Crippen molar-refractivity contribution in [2.24, 2.45) is 0 Å². The topological polar surface area (TPSA) is 109 Å². The number of carbonyl (C=O) groups is 3. The zero-order chi connectivity index (χ0) is 34.0. The summed E-state index contributed by atoms with van der Waals surface area (Å²) in [7, 11) is 2.50. The number of benzene rings is 3. The number of esters is 1. The smallest absolute Gasteiger partial charge is 0.338 e. The molecule has 0 saturated carbocycles. The highest BCUT2D eigenvalue weighted by Crippen LogP contribution is 2.53. The van der Waals surface area contributed by atoms with Crippen LogP contribution in [-0.4, -0.2) is 74.8 Å². The molecule has 3 aliphatic rings. The molecule has 3 aromatic carbocycles. The maximum absolute atomic E-state index is 14.4. The van der Waals surface area contributed by atoms with Crippen LogP contribution in [0.15, 0.2) is 71.9 Å². The normalized spacial score (nSPS) is 18.5. The highest BCUT2D eigenvalue weighted by atomic mass is 35.5. The molecular formula is C35H35ClF2N4O6. The lowest BCUT2D eigenvalue weighted by Gasteiger charge is -2.46. The van der Waals surface area contributed by atoms with E-state index in [9.17, 15) is 23.2 Å². The number of piperidine rings is 1. The molecule has 252 valence electrons. The first-order chi connectivity index (χ1) is 23.2. The summed E-state index contributed by atoms with van der Waals surface area (Å²) in [6.07, 6.45) is 2.27. The fourth-order valence-corrected chi connectivity index (χ4v) is 7.11. The van der Waals surface area contributed by atoms with E-state index >= 15 is 0 Å². The summed E-state index contributed by atoms with van der Waals surface area (Å²) in [5.41, 5.74) is 1.92. The van der Waals surface area contributed by atoms with Crippen molar-refractivity contribution in [3.8, 4) is 11.5 Å². The van der Waals surface area contributed by atoms with Gasteiger partial charge in [0, 0.05) is 35.2 Å². The van der Waals surface area contributed by atoms with Gasteiger partial charge in [0.05, 0.1) is 25.0 Å². The number of fused-ring (bicyclic) bond motifs is 4. The largest absolute Gasteiger partial charge is 0.466 e. The van der Waals surface area contributed by atoms with E-state index in [-0.39, 0.29) is 35.4 Å². The summed E-state index contributed by atoms with van der Waals surface area (Å²) < 4.78 is 44.5. The quantitative estimate of drug-likeness (QED) is 0.220. The van der Waals surface area contributed by atoms with Gasteiger partial charge in [-0.05, 0) is 80.9 Å². The fraction of sp³-hybridized carbons (Fsp3) is 0.343. The Bertz CT molecular complexity index is 1780. The van der Waals surface area contributed by atoms with E-state index < -0.39 is 35.7 Å². The van der Waals surface area contributed by atoms with Crippen LogP contribution in [0.4, 0.5) is 18.4 Å². The van der Waals surface area contributed by atoms with E-state index in [1.165, 1.54) is 13.2 Å². The van der Waals surface area contributed by atoms with Gasteiger partial charge in [0.2, 0.25) is 0 Å². The average molecular weight is 681 g/mol. The van der Waals surface area contributed by atoms with Gasteiger partial charge in [-0.15, -0.1) is 0 Å². The van der Waals surface area contributed by atoms with Crippen LogP contribution >= 0.6 is 11.6 Å². The van der Waals surface area contributed by atoms with Crippen LogP contribution in [0.25, 0.3) is 0 Å². The van der Waals surface area contributed by atoms with Gasteiger partial charge in [-0.1, -0.05) is 35.9 Å². The molecule has 6 rings (SSSR count). The van der Waals surface area contributed by atoms with Crippen LogP contribution in [0.3, 0.4) is 0 Å². The van der Waals surface area contributed by atoms with Crippen molar-refractivity contribution in [1.82, 2.24) is 20.4 Å². The summed E-state index contributed by atoms with van der Waals surface area (Å²) in [5, 5.41) is 5.93. The van der Waals surface area contributed by atoms with Crippen molar-refractivity contribution in [2.75, 3.05) is 47.0 Å². The van der Waals surface area contributed by atoms with Gasteiger partial charge < -0.3 is 29.7 Å². The van der Waals surface area contributed by atoms with Crippen LogP contribution in [0.5, 0.6) is 11.5 Å². The Hall–Kier alpha value is -4.52. The molecule has 4 amide bonds. The van der Waals surface area contributed by atoms with Crippen LogP contribution < -0.4 is 15.4 Å². The predicted molar refractivity (Wildman–Crippen MR) is 173 cm³/mol. The molecule has 1 fully saturated rings. The molecule has 3 aromatic rings. The molecular weight excluding hydrogens is 646 g/mol. The third-order valence-electron chi connectivity index (χ3n) is 9.22. The van der Waals surface area contributed by atoms with Crippen molar-refractivity contribution in [3.63, 3.8) is 0 Å². The summed E-state index contributed by atoms with van der Waals surface area (Å²) in [5.74, 6) is -1.51. The van der Waals surface area contributed by atoms with Crippen molar-refractivity contribution < 1.29 is 37.4 Å². The minimum atomic E-state index is -1.40. The molecule has 1 saturated heterocycles. The Morgan fingerprint density at radius 3 is 2.50 bits per heavy atom. The Morgan fingerprint density at radius 1 is 1.02 bits per heavy atom. The number of amides is 4. The van der Waals surface area contributed by atoms with E-state index in [0.717, 1.165) is 72.7 Å². The first kappa shape index (κ1) is 33.4. The number of likely N-dealkylation sites (tertiary alicyclic amines) is 1. The molecule has 10 nitrogen and oxygen atoms in total. The highest BCUT2D eigenvalue weighted by Gasteiger charge is 2.45. The minimum absolute atomic E-state index is 0.00713. The van der Waals surface area contributed by atoms with Gasteiger partial charge in [0.25, 0.3) is 0 Å². The molecule has 0 bridgehead atoms. The molecule has 0 aromatic heterocycles. The number of rotatable bonds is 8. The third kappa shape index (κ3) is 6.23. The molecule has 2 N–H and O–H groups in total. The van der Waals surface area contributed by atoms with Crippen LogP contribution in [0.2, 0.25) is 5.02 Å². The second-order valence-electron chi connectivity index (χ2n) is 11.9. The number of imide groups is 1. The number of halogens is 3. The Balaban J connectivity index is 1.13. The first-order valence-corrected chi connectivity index (χ1v) is 16.0. The zero-order valence-corrected chi connectivity index (χ0v) is 27.2. The lowest BCUT2D eigenvalue weighted by atomic mass is 9.66. The van der Waals surface area contributed by atoms with Crippen LogP contribution in [0, 0.1) is 11.6 Å². The number of para-hydroxylation sites is 1. The third-order valence-corrected chi connectivity index (χ3v) is 9.46. The minimum Gasteiger partial charge on any atom is -0.466 e. The lowest BCUT2D eigenvalue weighted by Crippen LogP contribution is -2.55. The Morgan fingerprint density at radius 2 is 1.77 bits per heavy atom. The van der Waals surface area contributed by atoms with E-state index in [1.807, 2.05) is 36.4 Å². The SMILES string of the molecule is COCC1=C(C(=O)OC)C(c2ccc(F)c(F)c2)N(C(=O)NCCCN2CCC3(CC2)c2ccccc2Oc2ccc(Cl)cc23)C(=O)N1. The lowest BCUT2D eigenvalue weighted by molar-refractivity contribution is -0.137. The number of nitrogens with zero attached hydrogens (tertiary/aromatic N) is 2. The number of hydrogen-bond donors (Lipinski definition) is 2. The van der Waals surface area contributed by atoms with Gasteiger partial charge in [-0.25, -0.2) is 28.1 Å². The molecule has 48 heavy (non-hydrogen) atoms. The van der Waals surface area contributed by atoms with Gasteiger partial charge >= 0.3 is 18.0 Å². The Labute approximate surface area is 281 Å². The summed E-state index contributed by atoms with van der Waals surface area (Å²) in [6.45, 7) is 2.31. The second kappa shape index (κ2) is 13.9. The summed E-state index contributed by atoms with van der Waals surface area (Å²) in [4.78, 5) is 42.8. The number of carbonyl (C=O) groups excluding carboxylic acids is 3. The summed E-state index contributed by atoms with van der Waals surface area (Å²) >= 11 is 6.43. The van der Waals surface area contributed by atoms with Crippen molar-refractivity contribution in [3.05, 3.63) is 105 Å². The van der Waals surface area contributed by atoms with E-state index in [2.05, 4.69) is 21.6 Å². The predicted octanol–water partition coefficient (Wildman–Crippen LogP) is 6.05. The average Bonchev–Trinajstić information content (AvgIpc) is 3.08. The Kier molecular flexibility index (Phi) is 9.68. The summed E-state index contributed by atoms with van der Waals surface area (Å²) in [6, 6.07) is 13.7. The molecule has 3 aliphatic heterocycles. The number of urea groups is 2.